The summed E-state index contributed by atoms with van der Waals surface area (Å²) in [6.07, 6.45) is 0. The second kappa shape index (κ2) is 5.39. The molecule has 100 valence electrons. The van der Waals surface area contributed by atoms with E-state index in [0.717, 1.165) is 22.3 Å². The normalized spacial score (nSPS) is 10.5. The van der Waals surface area contributed by atoms with Crippen LogP contribution in [0.25, 0.3) is 10.8 Å². The Morgan fingerprint density at radius 3 is 2.50 bits per heavy atom. The number of methoxy groups -OCH3 is 1. The zero-order valence-electron chi connectivity index (χ0n) is 10.8. The molecule has 3 nitrogen and oxygen atoms in total. The minimum absolute atomic E-state index is 0.413. The van der Waals surface area contributed by atoms with Gasteiger partial charge in [-0.25, -0.2) is 4.98 Å². The topological polar surface area (TPSA) is 31.4 Å². The van der Waals surface area contributed by atoms with Crippen LogP contribution in [0.1, 0.15) is 0 Å². The molecular formula is C16H12ClNO2. The molecule has 0 fully saturated rings. The van der Waals surface area contributed by atoms with Gasteiger partial charge in [0.2, 0.25) is 5.88 Å². The molecule has 0 radical (unpaired) electrons. The first-order chi connectivity index (χ1) is 9.76. The SMILES string of the molecule is COc1ccc2c(Cl)nc(Oc3ccccc3)cc2c1. The molecule has 0 spiro atoms. The molecule has 3 aromatic rings. The maximum atomic E-state index is 6.19. The van der Waals surface area contributed by atoms with Crippen LogP contribution in [0.15, 0.2) is 54.6 Å². The first-order valence-electron chi connectivity index (χ1n) is 6.13. The van der Waals surface area contributed by atoms with Crippen molar-refractivity contribution in [2.75, 3.05) is 7.11 Å². The van der Waals surface area contributed by atoms with Crippen LogP contribution in [0.5, 0.6) is 17.4 Å². The number of rotatable bonds is 3. The van der Waals surface area contributed by atoms with Crippen molar-refractivity contribution >= 4 is 22.4 Å². The molecule has 3 rings (SSSR count). The summed E-state index contributed by atoms with van der Waals surface area (Å²) in [6, 6.07) is 17.0. The van der Waals surface area contributed by atoms with Gasteiger partial charge in [0.15, 0.2) is 0 Å². The van der Waals surface area contributed by atoms with Gasteiger partial charge in [0.25, 0.3) is 0 Å². The van der Waals surface area contributed by atoms with Crippen LogP contribution < -0.4 is 9.47 Å². The summed E-state index contributed by atoms with van der Waals surface area (Å²) in [5.74, 6) is 1.95. The van der Waals surface area contributed by atoms with Crippen LogP contribution in [0.2, 0.25) is 5.15 Å². The van der Waals surface area contributed by atoms with Crippen molar-refractivity contribution in [1.82, 2.24) is 4.98 Å². The lowest BCUT2D eigenvalue weighted by Gasteiger charge is -2.08. The first kappa shape index (κ1) is 12.8. The van der Waals surface area contributed by atoms with Gasteiger partial charge in [-0.3, -0.25) is 0 Å². The highest BCUT2D eigenvalue weighted by Crippen LogP contribution is 2.30. The molecule has 0 saturated heterocycles. The maximum absolute atomic E-state index is 6.19. The number of pyridine rings is 1. The van der Waals surface area contributed by atoms with Crippen LogP contribution in [-0.4, -0.2) is 12.1 Å². The minimum atomic E-state index is 0.413. The third kappa shape index (κ3) is 2.53. The predicted molar refractivity (Wildman–Crippen MR) is 79.8 cm³/mol. The quantitative estimate of drug-likeness (QED) is 0.654. The molecule has 0 amide bonds. The van der Waals surface area contributed by atoms with Crippen LogP contribution in [0.3, 0.4) is 0 Å². The van der Waals surface area contributed by atoms with Crippen molar-refractivity contribution in [3.05, 3.63) is 59.8 Å². The molecule has 0 aliphatic carbocycles. The Kier molecular flexibility index (Phi) is 3.44. The highest BCUT2D eigenvalue weighted by molar-refractivity contribution is 6.34. The van der Waals surface area contributed by atoms with Crippen LogP contribution in [0.4, 0.5) is 0 Å². The standard InChI is InChI=1S/C16H12ClNO2/c1-19-13-7-8-14-11(9-13)10-15(18-16(14)17)20-12-5-3-2-4-6-12/h2-10H,1H3. The molecule has 1 aromatic heterocycles. The van der Waals surface area contributed by atoms with Gasteiger partial charge in [-0.05, 0) is 35.7 Å². The van der Waals surface area contributed by atoms with E-state index in [4.69, 9.17) is 21.1 Å². The summed E-state index contributed by atoms with van der Waals surface area (Å²) in [4.78, 5) is 4.25. The van der Waals surface area contributed by atoms with E-state index in [-0.39, 0.29) is 0 Å². The Balaban J connectivity index is 2.04. The average molecular weight is 286 g/mol. The Morgan fingerprint density at radius 1 is 0.950 bits per heavy atom. The molecule has 1 heterocycles. The molecule has 0 atom stereocenters. The largest absolute Gasteiger partial charge is 0.497 e. The third-order valence-electron chi connectivity index (χ3n) is 2.93. The second-order valence-corrected chi connectivity index (χ2v) is 4.61. The smallest absolute Gasteiger partial charge is 0.221 e. The summed E-state index contributed by atoms with van der Waals surface area (Å²) in [5, 5.41) is 2.21. The van der Waals surface area contributed by atoms with E-state index in [9.17, 15) is 0 Å². The van der Waals surface area contributed by atoms with Gasteiger partial charge in [-0.2, -0.15) is 0 Å². The van der Waals surface area contributed by atoms with Gasteiger partial charge in [0, 0.05) is 11.5 Å². The van der Waals surface area contributed by atoms with Gasteiger partial charge in [0.05, 0.1) is 7.11 Å². The van der Waals surface area contributed by atoms with E-state index < -0.39 is 0 Å². The average Bonchev–Trinajstić information content (AvgIpc) is 2.47. The highest BCUT2D eigenvalue weighted by atomic mass is 35.5. The van der Waals surface area contributed by atoms with E-state index in [2.05, 4.69) is 4.98 Å². The number of hydrogen-bond donors (Lipinski definition) is 0. The van der Waals surface area contributed by atoms with Crippen LogP contribution >= 0.6 is 11.6 Å². The Morgan fingerprint density at radius 2 is 1.75 bits per heavy atom. The Labute approximate surface area is 121 Å². The zero-order chi connectivity index (χ0) is 13.9. The molecule has 20 heavy (non-hydrogen) atoms. The van der Waals surface area contributed by atoms with Crippen molar-refractivity contribution in [2.24, 2.45) is 0 Å². The maximum Gasteiger partial charge on any atom is 0.221 e. The van der Waals surface area contributed by atoms with Crippen molar-refractivity contribution in [3.8, 4) is 17.4 Å². The summed E-state index contributed by atoms with van der Waals surface area (Å²) in [6.45, 7) is 0. The van der Waals surface area contributed by atoms with Crippen LogP contribution in [0, 0.1) is 0 Å². The number of aromatic nitrogens is 1. The number of ether oxygens (including phenoxy) is 2. The van der Waals surface area contributed by atoms with Gasteiger partial charge >= 0.3 is 0 Å². The number of benzene rings is 2. The summed E-state index contributed by atoms with van der Waals surface area (Å²) in [5.41, 5.74) is 0. The number of halogens is 1. The van der Waals surface area contributed by atoms with Gasteiger partial charge < -0.3 is 9.47 Å². The lowest BCUT2D eigenvalue weighted by Crippen LogP contribution is -1.90. The minimum Gasteiger partial charge on any atom is -0.497 e. The molecule has 2 aromatic carbocycles. The first-order valence-corrected chi connectivity index (χ1v) is 6.51. The number of nitrogens with zero attached hydrogens (tertiary/aromatic N) is 1. The summed E-state index contributed by atoms with van der Waals surface area (Å²) in [7, 11) is 1.63. The molecule has 0 N–H and O–H groups in total. The number of hydrogen-bond acceptors (Lipinski definition) is 3. The lowest BCUT2D eigenvalue weighted by atomic mass is 10.1. The highest BCUT2D eigenvalue weighted by Gasteiger charge is 2.07. The van der Waals surface area contributed by atoms with Gasteiger partial charge in [0.1, 0.15) is 16.7 Å². The fourth-order valence-corrected chi connectivity index (χ4v) is 2.21. The molecular weight excluding hydrogens is 274 g/mol. The van der Waals surface area contributed by atoms with E-state index in [0.29, 0.717) is 11.0 Å². The summed E-state index contributed by atoms with van der Waals surface area (Å²) < 4.78 is 10.9. The Hall–Kier alpha value is -2.26. The van der Waals surface area contributed by atoms with Crippen LogP contribution in [-0.2, 0) is 0 Å². The van der Waals surface area contributed by atoms with Crippen molar-refractivity contribution < 1.29 is 9.47 Å². The van der Waals surface area contributed by atoms with E-state index in [1.165, 1.54) is 0 Å². The fourth-order valence-electron chi connectivity index (χ4n) is 1.96. The van der Waals surface area contributed by atoms with Crippen molar-refractivity contribution in [1.29, 1.82) is 0 Å². The Bertz CT molecular complexity index is 744. The second-order valence-electron chi connectivity index (χ2n) is 4.25. The van der Waals surface area contributed by atoms with Gasteiger partial charge in [-0.1, -0.05) is 29.8 Å². The monoisotopic (exact) mass is 285 g/mol. The van der Waals surface area contributed by atoms with Gasteiger partial charge in [-0.15, -0.1) is 0 Å². The summed E-state index contributed by atoms with van der Waals surface area (Å²) >= 11 is 6.19. The van der Waals surface area contributed by atoms with Crippen molar-refractivity contribution in [2.45, 2.75) is 0 Å². The number of para-hydroxylation sites is 1. The predicted octanol–water partition coefficient (Wildman–Crippen LogP) is 4.69. The molecule has 4 heteroatoms. The van der Waals surface area contributed by atoms with E-state index >= 15 is 0 Å². The zero-order valence-corrected chi connectivity index (χ0v) is 11.6. The van der Waals surface area contributed by atoms with E-state index in [1.54, 1.807) is 7.11 Å². The van der Waals surface area contributed by atoms with Crippen molar-refractivity contribution in [3.63, 3.8) is 0 Å². The molecule has 0 saturated carbocycles. The lowest BCUT2D eigenvalue weighted by molar-refractivity contribution is 0.415. The molecule has 0 unspecified atom stereocenters. The third-order valence-corrected chi connectivity index (χ3v) is 3.22. The van der Waals surface area contributed by atoms with E-state index in [1.807, 2.05) is 54.6 Å². The molecule has 0 aliphatic rings. The molecule has 0 aliphatic heterocycles. The number of fused-ring (bicyclic) bond motifs is 1. The fraction of sp³-hybridized carbons (Fsp3) is 0.0625. The molecule has 0 bridgehead atoms.